The van der Waals surface area contributed by atoms with Crippen molar-refractivity contribution in [1.82, 2.24) is 5.32 Å². The fourth-order valence-corrected chi connectivity index (χ4v) is 1.23. The lowest BCUT2D eigenvalue weighted by atomic mass is 10.1. The Labute approximate surface area is 95.2 Å². The summed E-state index contributed by atoms with van der Waals surface area (Å²) in [6, 6.07) is 7.18. The summed E-state index contributed by atoms with van der Waals surface area (Å²) in [5.41, 5.74) is 0.846. The number of carbonyl (C=O) groups is 1. The highest BCUT2D eigenvalue weighted by molar-refractivity contribution is 5.75. The molecule has 4 nitrogen and oxygen atoms in total. The quantitative estimate of drug-likeness (QED) is 0.790. The Morgan fingerprint density at radius 2 is 2.06 bits per heavy atom. The van der Waals surface area contributed by atoms with Crippen LogP contribution in [0.5, 0.6) is 5.75 Å². The van der Waals surface area contributed by atoms with Gasteiger partial charge in [-0.2, -0.15) is 0 Å². The van der Waals surface area contributed by atoms with E-state index in [1.54, 1.807) is 38.2 Å². The van der Waals surface area contributed by atoms with E-state index in [-0.39, 0.29) is 5.91 Å². The molecule has 0 aliphatic rings. The third-order valence-electron chi connectivity index (χ3n) is 2.24. The Morgan fingerprint density at radius 1 is 1.44 bits per heavy atom. The molecule has 1 amide bonds. The molecule has 0 spiro atoms. The Kier molecular flexibility index (Phi) is 4.79. The molecule has 0 radical (unpaired) electrons. The van der Waals surface area contributed by atoms with Gasteiger partial charge in [0.25, 0.3) is 0 Å². The summed E-state index contributed by atoms with van der Waals surface area (Å²) in [5, 5.41) is 11.8. The van der Waals surface area contributed by atoms with E-state index in [4.69, 9.17) is 4.74 Å². The summed E-state index contributed by atoms with van der Waals surface area (Å²) in [5.74, 6) is 0.661. The fraction of sp³-hybridized carbons (Fsp3) is 0.417. The molecule has 0 bridgehead atoms. The van der Waals surface area contributed by atoms with E-state index in [1.165, 1.54) is 0 Å². The van der Waals surface area contributed by atoms with E-state index in [1.807, 2.05) is 0 Å². The normalized spacial score (nSPS) is 11.9. The number of amides is 1. The molecule has 0 aliphatic carbocycles. The predicted octanol–water partition coefficient (Wildman–Crippen LogP) is 1.25. The van der Waals surface area contributed by atoms with Crippen molar-refractivity contribution in [2.45, 2.75) is 19.4 Å². The molecule has 0 aromatic heterocycles. The van der Waals surface area contributed by atoms with Gasteiger partial charge in [-0.1, -0.05) is 12.1 Å². The lowest BCUT2D eigenvalue weighted by Gasteiger charge is -2.08. The molecule has 0 aliphatic heterocycles. The molecule has 0 unspecified atom stereocenters. The minimum Gasteiger partial charge on any atom is -0.493 e. The number of benzene rings is 1. The number of rotatable bonds is 5. The van der Waals surface area contributed by atoms with Crippen molar-refractivity contribution in [2.75, 3.05) is 13.7 Å². The molecule has 1 rings (SSSR count). The van der Waals surface area contributed by atoms with E-state index >= 15 is 0 Å². The van der Waals surface area contributed by atoms with Gasteiger partial charge in [0, 0.05) is 7.05 Å². The Balaban J connectivity index is 2.40. The number of hydrogen-bond acceptors (Lipinski definition) is 3. The minimum absolute atomic E-state index is 0.0411. The molecule has 88 valence electrons. The predicted molar refractivity (Wildman–Crippen MR) is 61.3 cm³/mol. The molecule has 0 fully saturated rings. The van der Waals surface area contributed by atoms with Crippen LogP contribution in [-0.2, 0) is 4.79 Å². The van der Waals surface area contributed by atoms with Gasteiger partial charge in [0.05, 0.1) is 19.1 Å². The summed E-state index contributed by atoms with van der Waals surface area (Å²) in [6.45, 7) is 2.06. The van der Waals surface area contributed by atoms with Gasteiger partial charge in [-0.05, 0) is 24.6 Å². The summed E-state index contributed by atoms with van der Waals surface area (Å²) >= 11 is 0. The second kappa shape index (κ2) is 6.12. The van der Waals surface area contributed by atoms with Crippen molar-refractivity contribution < 1.29 is 14.6 Å². The first kappa shape index (κ1) is 12.5. The van der Waals surface area contributed by atoms with Crippen molar-refractivity contribution in [3.8, 4) is 5.75 Å². The van der Waals surface area contributed by atoms with Crippen molar-refractivity contribution in [1.29, 1.82) is 0 Å². The van der Waals surface area contributed by atoms with E-state index in [0.29, 0.717) is 18.8 Å². The highest BCUT2D eigenvalue weighted by Crippen LogP contribution is 2.17. The zero-order chi connectivity index (χ0) is 12.0. The molecule has 16 heavy (non-hydrogen) atoms. The maximum Gasteiger partial charge on any atom is 0.223 e. The maximum absolute atomic E-state index is 10.9. The van der Waals surface area contributed by atoms with Crippen LogP contribution in [0.25, 0.3) is 0 Å². The number of ether oxygens (including phenoxy) is 1. The summed E-state index contributed by atoms with van der Waals surface area (Å²) in [6.07, 6.45) is -0.130. The zero-order valence-electron chi connectivity index (χ0n) is 9.56. The van der Waals surface area contributed by atoms with Crippen LogP contribution >= 0.6 is 0 Å². The van der Waals surface area contributed by atoms with Gasteiger partial charge >= 0.3 is 0 Å². The number of carbonyl (C=O) groups excluding carboxylic acids is 1. The molecule has 1 aromatic carbocycles. The smallest absolute Gasteiger partial charge is 0.223 e. The molecule has 1 atom stereocenters. The zero-order valence-corrected chi connectivity index (χ0v) is 9.56. The molecule has 2 N–H and O–H groups in total. The molecule has 0 heterocycles. The number of hydrogen-bond donors (Lipinski definition) is 2. The molecular formula is C12H17NO3. The van der Waals surface area contributed by atoms with Crippen LogP contribution in [0.1, 0.15) is 25.0 Å². The summed E-state index contributed by atoms with van der Waals surface area (Å²) in [7, 11) is 1.60. The van der Waals surface area contributed by atoms with Crippen LogP contribution in [0.3, 0.4) is 0 Å². The minimum atomic E-state index is -0.472. The summed E-state index contributed by atoms with van der Waals surface area (Å²) in [4.78, 5) is 10.9. The van der Waals surface area contributed by atoms with Crippen molar-refractivity contribution in [2.24, 2.45) is 0 Å². The van der Waals surface area contributed by atoms with E-state index in [0.717, 1.165) is 5.56 Å². The molecule has 0 saturated heterocycles. The third kappa shape index (κ3) is 3.90. The number of aliphatic hydroxyl groups is 1. The van der Waals surface area contributed by atoms with Crippen LogP contribution in [0.2, 0.25) is 0 Å². The monoisotopic (exact) mass is 223 g/mol. The number of nitrogens with one attached hydrogen (secondary N) is 1. The second-order valence-electron chi connectivity index (χ2n) is 3.52. The van der Waals surface area contributed by atoms with E-state index in [2.05, 4.69) is 5.32 Å². The molecular weight excluding hydrogens is 206 g/mol. The first-order valence-corrected chi connectivity index (χ1v) is 5.25. The van der Waals surface area contributed by atoms with Gasteiger partial charge in [-0.3, -0.25) is 4.79 Å². The Bertz CT molecular complexity index is 333. The fourth-order valence-electron chi connectivity index (χ4n) is 1.23. The first-order valence-electron chi connectivity index (χ1n) is 5.25. The highest BCUT2D eigenvalue weighted by atomic mass is 16.5. The Morgan fingerprint density at radius 3 is 2.56 bits per heavy atom. The van der Waals surface area contributed by atoms with Gasteiger partial charge in [0.15, 0.2) is 0 Å². The van der Waals surface area contributed by atoms with Gasteiger partial charge in [-0.25, -0.2) is 0 Å². The SMILES string of the molecule is CNC(=O)CCOc1ccc([C@H](C)O)cc1. The first-order chi connectivity index (χ1) is 7.63. The van der Waals surface area contributed by atoms with Crippen LogP contribution in [0, 0.1) is 0 Å². The largest absolute Gasteiger partial charge is 0.493 e. The summed E-state index contributed by atoms with van der Waals surface area (Å²) < 4.78 is 5.37. The number of aliphatic hydroxyl groups excluding tert-OH is 1. The maximum atomic E-state index is 10.9. The van der Waals surface area contributed by atoms with Crippen LogP contribution in [0.15, 0.2) is 24.3 Å². The second-order valence-corrected chi connectivity index (χ2v) is 3.52. The van der Waals surface area contributed by atoms with Crippen LogP contribution in [-0.4, -0.2) is 24.7 Å². The molecule has 0 saturated carbocycles. The standard InChI is InChI=1S/C12H17NO3/c1-9(14)10-3-5-11(6-4-10)16-8-7-12(15)13-2/h3-6,9,14H,7-8H2,1-2H3,(H,13,15)/t9-/m0/s1. The highest BCUT2D eigenvalue weighted by Gasteiger charge is 2.01. The van der Waals surface area contributed by atoms with Gasteiger partial charge in [0.2, 0.25) is 5.91 Å². The Hall–Kier alpha value is -1.55. The van der Waals surface area contributed by atoms with E-state index < -0.39 is 6.10 Å². The van der Waals surface area contributed by atoms with Gasteiger partial charge in [-0.15, -0.1) is 0 Å². The molecule has 1 aromatic rings. The average Bonchev–Trinajstić information content (AvgIpc) is 2.29. The van der Waals surface area contributed by atoms with Crippen LogP contribution in [0.4, 0.5) is 0 Å². The van der Waals surface area contributed by atoms with Crippen molar-refractivity contribution in [3.05, 3.63) is 29.8 Å². The van der Waals surface area contributed by atoms with Gasteiger partial charge in [0.1, 0.15) is 5.75 Å². The molecule has 4 heteroatoms. The van der Waals surface area contributed by atoms with E-state index in [9.17, 15) is 9.90 Å². The van der Waals surface area contributed by atoms with Crippen molar-refractivity contribution in [3.63, 3.8) is 0 Å². The lowest BCUT2D eigenvalue weighted by molar-refractivity contribution is -0.121. The third-order valence-corrected chi connectivity index (χ3v) is 2.24. The lowest BCUT2D eigenvalue weighted by Crippen LogP contribution is -2.20. The van der Waals surface area contributed by atoms with Crippen molar-refractivity contribution >= 4 is 5.91 Å². The van der Waals surface area contributed by atoms with Gasteiger partial charge < -0.3 is 15.2 Å². The topological polar surface area (TPSA) is 58.6 Å². The van der Waals surface area contributed by atoms with Crippen LogP contribution < -0.4 is 10.1 Å². The average molecular weight is 223 g/mol.